The highest BCUT2D eigenvalue weighted by atomic mass is 79.9. The summed E-state index contributed by atoms with van der Waals surface area (Å²) in [4.78, 5) is 0.294. The van der Waals surface area contributed by atoms with E-state index in [0.29, 0.717) is 28.3 Å². The minimum absolute atomic E-state index is 0.104. The van der Waals surface area contributed by atoms with Crippen LogP contribution in [0.15, 0.2) is 18.2 Å². The third kappa shape index (κ3) is 2.44. The minimum Gasteiger partial charge on any atom is -0.508 e. The molecular weight excluding hydrogens is 392 g/mol. The lowest BCUT2D eigenvalue weighted by Crippen LogP contribution is -2.53. The standard InChI is InChI=1S/C20H25BrO3.C2H6/c1-19-7-6-15-14-5-3-13(22)10-12(14)2-4-16(15)17(19)11-18(21)20(19)23-8-9-24-20;1-2/h3,5,10,15-18,22H,2,4,6-9,11H2,1H3;1-2H3. The number of benzene rings is 1. The second kappa shape index (κ2) is 6.79. The van der Waals surface area contributed by atoms with Crippen molar-refractivity contribution in [3.05, 3.63) is 29.3 Å². The Labute approximate surface area is 165 Å². The van der Waals surface area contributed by atoms with Gasteiger partial charge in [0.1, 0.15) is 5.75 Å². The molecule has 5 unspecified atom stereocenters. The first-order valence-corrected chi connectivity index (χ1v) is 11.2. The molecule has 4 aliphatic rings. The molecule has 1 heterocycles. The Balaban J connectivity index is 0.000000814. The molecule has 1 saturated heterocycles. The van der Waals surface area contributed by atoms with Crippen molar-refractivity contribution in [2.24, 2.45) is 17.3 Å². The summed E-state index contributed by atoms with van der Waals surface area (Å²) in [5.41, 5.74) is 2.94. The third-order valence-corrected chi connectivity index (χ3v) is 8.46. The average molecular weight is 423 g/mol. The average Bonchev–Trinajstić information content (AvgIpc) is 3.23. The molecule has 0 aromatic heterocycles. The fraction of sp³-hybridized carbons (Fsp3) is 0.727. The second-order valence-electron chi connectivity index (χ2n) is 8.32. The largest absolute Gasteiger partial charge is 0.508 e. The lowest BCUT2D eigenvalue weighted by molar-refractivity contribution is -0.233. The van der Waals surface area contributed by atoms with Crippen LogP contribution in [-0.4, -0.2) is 28.9 Å². The summed E-state index contributed by atoms with van der Waals surface area (Å²) < 4.78 is 12.5. The number of aromatic hydroxyl groups is 1. The van der Waals surface area contributed by atoms with Gasteiger partial charge in [-0.1, -0.05) is 42.8 Å². The number of phenolic OH excluding ortho intramolecular Hbond substituents is 1. The Kier molecular flexibility index (Phi) is 4.90. The first-order valence-electron chi connectivity index (χ1n) is 10.3. The minimum atomic E-state index is -0.419. The molecular formula is C22H31BrO3. The van der Waals surface area contributed by atoms with Gasteiger partial charge in [-0.05, 0) is 73.1 Å². The fourth-order valence-corrected chi connectivity index (χ4v) is 7.62. The molecule has 144 valence electrons. The van der Waals surface area contributed by atoms with Crippen molar-refractivity contribution in [1.82, 2.24) is 0 Å². The van der Waals surface area contributed by atoms with Crippen molar-refractivity contribution in [2.75, 3.05) is 13.2 Å². The van der Waals surface area contributed by atoms with Crippen LogP contribution in [0.4, 0.5) is 0 Å². The molecule has 1 spiro atoms. The zero-order valence-corrected chi connectivity index (χ0v) is 17.7. The van der Waals surface area contributed by atoms with Gasteiger partial charge >= 0.3 is 0 Å². The number of aryl methyl sites for hydroxylation is 1. The summed E-state index contributed by atoms with van der Waals surface area (Å²) in [6, 6.07) is 6.01. The van der Waals surface area contributed by atoms with Crippen molar-refractivity contribution in [3.63, 3.8) is 0 Å². The highest BCUT2D eigenvalue weighted by molar-refractivity contribution is 9.09. The normalized spacial score (nSPS) is 39.5. The number of halogens is 1. The van der Waals surface area contributed by atoms with E-state index in [0.717, 1.165) is 32.5 Å². The Morgan fingerprint density at radius 2 is 1.88 bits per heavy atom. The van der Waals surface area contributed by atoms with Crippen LogP contribution in [0, 0.1) is 17.3 Å². The van der Waals surface area contributed by atoms with E-state index < -0.39 is 5.79 Å². The lowest BCUT2D eigenvalue weighted by Gasteiger charge is -2.52. The molecule has 1 aliphatic heterocycles. The summed E-state index contributed by atoms with van der Waals surface area (Å²) in [5.74, 6) is 1.95. The number of fused-ring (bicyclic) bond motifs is 6. The smallest absolute Gasteiger partial charge is 0.186 e. The van der Waals surface area contributed by atoms with Gasteiger partial charge in [-0.2, -0.15) is 0 Å². The van der Waals surface area contributed by atoms with Gasteiger partial charge < -0.3 is 14.6 Å². The van der Waals surface area contributed by atoms with Crippen LogP contribution in [0.3, 0.4) is 0 Å². The molecule has 5 rings (SSSR count). The summed E-state index contributed by atoms with van der Waals surface area (Å²) in [5, 5.41) is 9.81. The molecule has 0 radical (unpaired) electrons. The second-order valence-corrected chi connectivity index (χ2v) is 9.43. The summed E-state index contributed by atoms with van der Waals surface area (Å²) >= 11 is 3.92. The quantitative estimate of drug-likeness (QED) is 0.569. The SMILES string of the molecule is CC.CC12CCC3c4ccc(O)cc4CCC3C1CC(Br)C21OCCO1. The Hall–Kier alpha value is -0.580. The van der Waals surface area contributed by atoms with E-state index in [4.69, 9.17) is 9.47 Å². The highest BCUT2D eigenvalue weighted by Gasteiger charge is 2.68. The van der Waals surface area contributed by atoms with E-state index in [1.807, 2.05) is 26.0 Å². The van der Waals surface area contributed by atoms with E-state index in [9.17, 15) is 5.11 Å². The molecule has 26 heavy (non-hydrogen) atoms. The molecule has 4 heteroatoms. The molecule has 0 amide bonds. The van der Waals surface area contributed by atoms with E-state index in [2.05, 4.69) is 28.9 Å². The van der Waals surface area contributed by atoms with E-state index in [1.165, 1.54) is 24.0 Å². The van der Waals surface area contributed by atoms with E-state index >= 15 is 0 Å². The van der Waals surface area contributed by atoms with Crippen LogP contribution in [0.2, 0.25) is 0 Å². The van der Waals surface area contributed by atoms with Gasteiger partial charge in [0.15, 0.2) is 5.79 Å². The summed E-state index contributed by atoms with van der Waals surface area (Å²) in [7, 11) is 0. The van der Waals surface area contributed by atoms with Crippen molar-refractivity contribution >= 4 is 15.9 Å². The molecule has 3 nitrogen and oxygen atoms in total. The van der Waals surface area contributed by atoms with Crippen LogP contribution >= 0.6 is 15.9 Å². The van der Waals surface area contributed by atoms with Gasteiger partial charge in [0, 0.05) is 5.41 Å². The maximum Gasteiger partial charge on any atom is 0.186 e. The maximum absolute atomic E-state index is 9.81. The number of hydrogen-bond donors (Lipinski definition) is 1. The van der Waals surface area contributed by atoms with Gasteiger partial charge in [-0.25, -0.2) is 0 Å². The zero-order valence-electron chi connectivity index (χ0n) is 16.1. The predicted octanol–water partition coefficient (Wildman–Crippen LogP) is 5.39. The molecule has 0 bridgehead atoms. The Bertz CT molecular complexity index is 669. The Morgan fingerprint density at radius 3 is 2.62 bits per heavy atom. The van der Waals surface area contributed by atoms with Crippen molar-refractivity contribution < 1.29 is 14.6 Å². The van der Waals surface area contributed by atoms with Crippen molar-refractivity contribution in [1.29, 1.82) is 0 Å². The molecule has 5 atom stereocenters. The van der Waals surface area contributed by atoms with Gasteiger partial charge in [-0.3, -0.25) is 0 Å². The van der Waals surface area contributed by atoms with Crippen LogP contribution in [-0.2, 0) is 15.9 Å². The van der Waals surface area contributed by atoms with Gasteiger partial charge in [0.05, 0.1) is 18.0 Å². The summed E-state index contributed by atoms with van der Waals surface area (Å²) in [6.45, 7) is 7.86. The van der Waals surface area contributed by atoms with Crippen molar-refractivity contribution in [2.45, 2.75) is 69.4 Å². The zero-order chi connectivity index (χ0) is 18.5. The third-order valence-electron chi connectivity index (χ3n) is 7.49. The van der Waals surface area contributed by atoms with Gasteiger partial charge in [0.2, 0.25) is 0 Å². The number of hydrogen-bond acceptors (Lipinski definition) is 3. The topological polar surface area (TPSA) is 38.7 Å². The van der Waals surface area contributed by atoms with Crippen molar-refractivity contribution in [3.8, 4) is 5.75 Å². The van der Waals surface area contributed by atoms with Gasteiger partial charge in [0.25, 0.3) is 0 Å². The maximum atomic E-state index is 9.81. The molecule has 2 saturated carbocycles. The molecule has 3 aliphatic carbocycles. The Morgan fingerprint density at radius 1 is 1.15 bits per heavy atom. The molecule has 3 fully saturated rings. The van der Waals surface area contributed by atoms with Crippen LogP contribution in [0.1, 0.15) is 63.5 Å². The lowest BCUT2D eigenvalue weighted by atomic mass is 9.55. The van der Waals surface area contributed by atoms with E-state index in [1.54, 1.807) is 0 Å². The van der Waals surface area contributed by atoms with Crippen LogP contribution in [0.25, 0.3) is 0 Å². The number of phenols is 1. The first-order chi connectivity index (χ1) is 12.6. The molecule has 1 aromatic rings. The van der Waals surface area contributed by atoms with Crippen LogP contribution < -0.4 is 0 Å². The number of ether oxygens (including phenoxy) is 2. The monoisotopic (exact) mass is 422 g/mol. The molecule has 1 N–H and O–H groups in total. The predicted molar refractivity (Wildman–Crippen MR) is 107 cm³/mol. The molecule has 1 aromatic carbocycles. The summed E-state index contributed by atoms with van der Waals surface area (Å²) in [6.07, 6.45) is 5.80. The van der Waals surface area contributed by atoms with Crippen LogP contribution in [0.5, 0.6) is 5.75 Å². The highest BCUT2D eigenvalue weighted by Crippen LogP contribution is 2.67. The van der Waals surface area contributed by atoms with Gasteiger partial charge in [-0.15, -0.1) is 0 Å². The fourth-order valence-electron chi connectivity index (χ4n) is 6.43. The first kappa shape index (κ1) is 18.8. The number of rotatable bonds is 0. The number of alkyl halides is 1. The van der Waals surface area contributed by atoms with E-state index in [-0.39, 0.29) is 5.41 Å².